The number of carbonyl (C=O) groups excluding carboxylic acids is 2. The molecule has 16 heteroatoms. The topological polar surface area (TPSA) is 187 Å². The van der Waals surface area contributed by atoms with Crippen molar-refractivity contribution in [2.75, 3.05) is 53.5 Å². The van der Waals surface area contributed by atoms with E-state index in [0.29, 0.717) is 131 Å². The minimum Gasteiger partial charge on any atom is -0.480 e. The highest BCUT2D eigenvalue weighted by molar-refractivity contribution is 6.39. The third-order valence-electron chi connectivity index (χ3n) is 9.50. The molecule has 0 radical (unpaired) electrons. The zero-order chi connectivity index (χ0) is 36.8. The normalized spacial score (nSPS) is 17.1. The predicted molar refractivity (Wildman–Crippen MR) is 199 cm³/mol. The molecular weight excluding hydrogens is 707 g/mol. The second-order valence-corrected chi connectivity index (χ2v) is 13.7. The summed E-state index contributed by atoms with van der Waals surface area (Å²) in [6.07, 6.45) is 5.14. The lowest BCUT2D eigenvalue weighted by Crippen LogP contribution is -2.34. The Kier molecular flexibility index (Phi) is 11.9. The van der Waals surface area contributed by atoms with Crippen LogP contribution in [0.3, 0.4) is 0 Å². The van der Waals surface area contributed by atoms with Crippen LogP contribution in [0.1, 0.15) is 24.2 Å². The van der Waals surface area contributed by atoms with Crippen LogP contribution < -0.4 is 31.6 Å². The number of nitrogens with zero attached hydrogens (tertiary/aromatic N) is 6. The fourth-order valence-electron chi connectivity index (χ4n) is 6.69. The van der Waals surface area contributed by atoms with Crippen molar-refractivity contribution in [1.82, 2.24) is 40.4 Å². The van der Waals surface area contributed by atoms with Gasteiger partial charge >= 0.3 is 12.1 Å². The summed E-state index contributed by atoms with van der Waals surface area (Å²) in [4.78, 5) is 45.0. The van der Waals surface area contributed by atoms with Crippen LogP contribution in [0.15, 0.2) is 48.8 Å². The van der Waals surface area contributed by atoms with E-state index in [2.05, 4.69) is 20.6 Å². The van der Waals surface area contributed by atoms with Gasteiger partial charge in [0.05, 0.1) is 48.0 Å². The van der Waals surface area contributed by atoms with Crippen molar-refractivity contribution < 1.29 is 19.1 Å². The average molecular weight is 750 g/mol. The standard InChI is InChI=1S/C36H42Cl2N10O4/c1-51-33-29(15-41-13-21-9-11-47(19-21)35(39)49)43-17-27(45-33)25-7-3-5-23(31(25)37)24-6-4-8-26(32(24)38)28-18-44-30(34(46-28)52-2)16-42-14-22-10-12-48(20-22)36(40)50/h3-8,17-18,21-22,41-42H,9-16,19-20H2,1-2H3,(H2,39,49)(H2,40,50). The van der Waals surface area contributed by atoms with E-state index in [1.807, 2.05) is 36.4 Å². The number of benzene rings is 2. The van der Waals surface area contributed by atoms with Crippen LogP contribution >= 0.6 is 23.2 Å². The molecule has 2 aliphatic rings. The number of ether oxygens (including phenoxy) is 2. The number of hydrogen-bond donors (Lipinski definition) is 4. The predicted octanol–water partition coefficient (Wildman–Crippen LogP) is 4.57. The summed E-state index contributed by atoms with van der Waals surface area (Å²) < 4.78 is 11.2. The summed E-state index contributed by atoms with van der Waals surface area (Å²) in [5.74, 6) is 1.41. The maximum absolute atomic E-state index is 11.5. The van der Waals surface area contributed by atoms with E-state index < -0.39 is 0 Å². The summed E-state index contributed by atoms with van der Waals surface area (Å²) >= 11 is 14.1. The van der Waals surface area contributed by atoms with E-state index in [9.17, 15) is 9.59 Å². The van der Waals surface area contributed by atoms with Gasteiger partial charge in [-0.3, -0.25) is 9.97 Å². The molecule has 274 valence electrons. The average Bonchev–Trinajstić information content (AvgIpc) is 3.83. The number of nitrogens with one attached hydrogen (secondary N) is 2. The lowest BCUT2D eigenvalue weighted by atomic mass is 9.98. The number of halogens is 2. The molecule has 2 unspecified atom stereocenters. The Morgan fingerprint density at radius 3 is 1.50 bits per heavy atom. The number of amides is 4. The quantitative estimate of drug-likeness (QED) is 0.151. The molecule has 4 aromatic rings. The minimum absolute atomic E-state index is 0.319. The molecule has 0 bridgehead atoms. The molecule has 2 aliphatic heterocycles. The highest BCUT2D eigenvalue weighted by atomic mass is 35.5. The molecule has 0 aliphatic carbocycles. The molecule has 0 spiro atoms. The van der Waals surface area contributed by atoms with E-state index in [4.69, 9.17) is 54.1 Å². The number of hydrogen-bond acceptors (Lipinski definition) is 10. The first-order chi connectivity index (χ1) is 25.2. The molecule has 4 heterocycles. The van der Waals surface area contributed by atoms with Gasteiger partial charge in [0, 0.05) is 74.6 Å². The Morgan fingerprint density at radius 2 is 1.13 bits per heavy atom. The van der Waals surface area contributed by atoms with E-state index in [1.165, 1.54) is 0 Å². The van der Waals surface area contributed by atoms with Crippen molar-refractivity contribution in [1.29, 1.82) is 0 Å². The van der Waals surface area contributed by atoms with Gasteiger partial charge in [0.15, 0.2) is 0 Å². The smallest absolute Gasteiger partial charge is 0.314 e. The van der Waals surface area contributed by atoms with Gasteiger partial charge < -0.3 is 41.4 Å². The summed E-state index contributed by atoms with van der Waals surface area (Å²) in [6.45, 7) is 4.94. The Hall–Kier alpha value is -4.76. The highest BCUT2D eigenvalue weighted by Gasteiger charge is 2.26. The molecule has 6 rings (SSSR count). The largest absolute Gasteiger partial charge is 0.480 e. The minimum atomic E-state index is -0.384. The van der Waals surface area contributed by atoms with Gasteiger partial charge in [-0.1, -0.05) is 59.6 Å². The number of nitrogens with two attached hydrogens (primary N) is 2. The molecule has 2 saturated heterocycles. The van der Waals surface area contributed by atoms with Crippen LogP contribution in [0.4, 0.5) is 9.59 Å². The fourth-order valence-corrected chi connectivity index (χ4v) is 7.34. The van der Waals surface area contributed by atoms with Gasteiger partial charge in [-0.2, -0.15) is 0 Å². The number of methoxy groups -OCH3 is 2. The van der Waals surface area contributed by atoms with E-state index in [-0.39, 0.29) is 12.1 Å². The molecule has 52 heavy (non-hydrogen) atoms. The summed E-state index contributed by atoms with van der Waals surface area (Å²) in [7, 11) is 3.11. The summed E-state index contributed by atoms with van der Waals surface area (Å²) in [5, 5.41) is 7.71. The Morgan fingerprint density at radius 1 is 0.731 bits per heavy atom. The number of urea groups is 2. The third-order valence-corrected chi connectivity index (χ3v) is 10.3. The van der Waals surface area contributed by atoms with Crippen molar-refractivity contribution >= 4 is 35.3 Å². The van der Waals surface area contributed by atoms with Crippen LogP contribution in [0.5, 0.6) is 11.8 Å². The SMILES string of the molecule is COc1nc(-c2cccc(-c3cccc(-c4cnc(CNCC5CCN(C(N)=O)C5)c(OC)n4)c3Cl)c2Cl)cnc1CNCC1CCN(C(N)=O)C1. The molecule has 6 N–H and O–H groups in total. The number of primary amides is 2. The van der Waals surface area contributed by atoms with E-state index >= 15 is 0 Å². The molecular formula is C36H42Cl2N10O4. The number of aromatic nitrogens is 4. The summed E-state index contributed by atoms with van der Waals surface area (Å²) in [5.41, 5.74) is 16.0. The zero-order valence-electron chi connectivity index (χ0n) is 29.1. The van der Waals surface area contributed by atoms with Crippen LogP contribution in [0.2, 0.25) is 10.0 Å². The van der Waals surface area contributed by atoms with Gasteiger partial charge in [-0.15, -0.1) is 0 Å². The number of likely N-dealkylation sites (tertiary alicyclic amines) is 2. The fraction of sp³-hybridized carbons (Fsp3) is 0.389. The number of carbonyl (C=O) groups is 2. The zero-order valence-corrected chi connectivity index (χ0v) is 30.6. The first-order valence-electron chi connectivity index (χ1n) is 17.0. The Balaban J connectivity index is 1.16. The second-order valence-electron chi connectivity index (χ2n) is 12.9. The first kappa shape index (κ1) is 37.0. The maximum atomic E-state index is 11.5. The van der Waals surface area contributed by atoms with Gasteiger partial charge in [-0.25, -0.2) is 19.6 Å². The molecule has 4 amide bonds. The van der Waals surface area contributed by atoms with Gasteiger partial charge in [0.2, 0.25) is 11.8 Å². The van der Waals surface area contributed by atoms with Crippen molar-refractivity contribution in [2.24, 2.45) is 23.3 Å². The first-order valence-corrected chi connectivity index (χ1v) is 17.8. The lowest BCUT2D eigenvalue weighted by molar-refractivity contribution is 0.216. The van der Waals surface area contributed by atoms with Crippen LogP contribution in [0.25, 0.3) is 33.6 Å². The van der Waals surface area contributed by atoms with E-state index in [1.54, 1.807) is 36.4 Å². The van der Waals surface area contributed by atoms with Crippen LogP contribution in [0, 0.1) is 11.8 Å². The van der Waals surface area contributed by atoms with Gasteiger partial charge in [0.25, 0.3) is 0 Å². The van der Waals surface area contributed by atoms with Crippen molar-refractivity contribution in [3.63, 3.8) is 0 Å². The molecule has 2 aromatic heterocycles. The van der Waals surface area contributed by atoms with Crippen molar-refractivity contribution in [3.8, 4) is 45.4 Å². The third kappa shape index (κ3) is 8.31. The van der Waals surface area contributed by atoms with Gasteiger partial charge in [-0.05, 0) is 24.7 Å². The molecule has 14 nitrogen and oxygen atoms in total. The Bertz CT molecular complexity index is 1800. The molecule has 2 atom stereocenters. The maximum Gasteiger partial charge on any atom is 0.314 e. The van der Waals surface area contributed by atoms with Crippen LogP contribution in [-0.2, 0) is 13.1 Å². The molecule has 2 fully saturated rings. The van der Waals surface area contributed by atoms with Crippen LogP contribution in [-0.4, -0.2) is 95.3 Å². The van der Waals surface area contributed by atoms with Crippen molar-refractivity contribution in [3.05, 3.63) is 70.2 Å². The molecule has 0 saturated carbocycles. The molecule has 2 aromatic carbocycles. The summed E-state index contributed by atoms with van der Waals surface area (Å²) in [6, 6.07) is 10.6. The highest BCUT2D eigenvalue weighted by Crippen LogP contribution is 2.42. The van der Waals surface area contributed by atoms with Crippen molar-refractivity contribution in [2.45, 2.75) is 25.9 Å². The van der Waals surface area contributed by atoms with Gasteiger partial charge in [0.1, 0.15) is 11.4 Å². The monoisotopic (exact) mass is 748 g/mol. The van der Waals surface area contributed by atoms with E-state index in [0.717, 1.165) is 12.8 Å². The second kappa shape index (κ2) is 16.7. The Labute approximate surface area is 312 Å². The number of rotatable bonds is 13. The lowest BCUT2D eigenvalue weighted by Gasteiger charge is -2.16.